The molecule has 11 heteroatoms. The van der Waals surface area contributed by atoms with E-state index in [1.54, 1.807) is 6.08 Å². The Kier molecular flexibility index (Phi) is 10.1. The van der Waals surface area contributed by atoms with Crippen molar-refractivity contribution >= 4 is 66.8 Å². The van der Waals surface area contributed by atoms with Crippen LogP contribution in [0.2, 0.25) is 0 Å². The van der Waals surface area contributed by atoms with Crippen LogP contribution in [-0.2, 0) is 20.2 Å². The Morgan fingerprint density at radius 2 is 1.64 bits per heavy atom. The molecule has 0 bridgehead atoms. The van der Waals surface area contributed by atoms with Crippen molar-refractivity contribution in [3.05, 3.63) is 82.5 Å². The second-order valence-corrected chi connectivity index (χ2v) is 10.8. The molecule has 8 nitrogen and oxygen atoms in total. The van der Waals surface area contributed by atoms with E-state index < -0.39 is 30.0 Å². The summed E-state index contributed by atoms with van der Waals surface area (Å²) >= 11 is 0. The summed E-state index contributed by atoms with van der Waals surface area (Å²) in [5.41, 5.74) is 5.37. The molecule has 2 aromatic carbocycles. The minimum atomic E-state index is -4.86. The molecule has 1 aliphatic rings. The Bertz CT molecular complexity index is 1500. The SMILES string of the molecule is CCN=C1C=CC(=C(c2ccc(NCC)c(C)c2)c2ccc(S(=O)(=O)O)cc2S(=O)(=O)O)C=C1C.[Na]. The van der Waals surface area contributed by atoms with Crippen LogP contribution in [0.4, 0.5) is 5.69 Å². The first kappa shape index (κ1) is 30.2. The predicted molar refractivity (Wildman–Crippen MR) is 144 cm³/mol. The number of hydrogen-bond donors (Lipinski definition) is 3. The fourth-order valence-electron chi connectivity index (χ4n) is 3.93. The summed E-state index contributed by atoms with van der Waals surface area (Å²) in [6.07, 6.45) is 5.49. The maximum absolute atomic E-state index is 12.4. The second-order valence-electron chi connectivity index (χ2n) is 8.02. The number of nitrogens with zero attached hydrogens (tertiary/aromatic N) is 1. The first-order valence-electron chi connectivity index (χ1n) is 11.0. The van der Waals surface area contributed by atoms with Crippen LogP contribution >= 0.6 is 0 Å². The van der Waals surface area contributed by atoms with Gasteiger partial charge in [0.25, 0.3) is 20.2 Å². The Labute approximate surface area is 234 Å². The van der Waals surface area contributed by atoms with Crippen molar-refractivity contribution < 1.29 is 25.9 Å². The van der Waals surface area contributed by atoms with Crippen LogP contribution in [0.3, 0.4) is 0 Å². The fraction of sp³-hybridized carbons (Fsp3) is 0.240. The van der Waals surface area contributed by atoms with Crippen molar-refractivity contribution in [1.29, 1.82) is 0 Å². The van der Waals surface area contributed by atoms with Crippen LogP contribution in [0.5, 0.6) is 0 Å². The Hall–Kier alpha value is -2.05. The zero-order valence-corrected chi connectivity index (χ0v) is 24.5. The van der Waals surface area contributed by atoms with Gasteiger partial charge >= 0.3 is 0 Å². The zero-order valence-electron chi connectivity index (χ0n) is 20.9. The average molecular weight is 540 g/mol. The average Bonchev–Trinajstić information content (AvgIpc) is 2.76. The molecule has 3 N–H and O–H groups in total. The van der Waals surface area contributed by atoms with E-state index in [2.05, 4.69) is 10.3 Å². The van der Waals surface area contributed by atoms with E-state index >= 15 is 0 Å². The van der Waals surface area contributed by atoms with Gasteiger partial charge in [0.1, 0.15) is 4.90 Å². The summed E-state index contributed by atoms with van der Waals surface area (Å²) in [5, 5.41) is 3.26. The Morgan fingerprint density at radius 1 is 0.944 bits per heavy atom. The molecule has 0 amide bonds. The molecular formula is C25H28N2NaO6S2. The smallest absolute Gasteiger partial charge is 0.295 e. The van der Waals surface area contributed by atoms with Crippen molar-refractivity contribution in [2.45, 2.75) is 37.5 Å². The Morgan fingerprint density at radius 3 is 2.17 bits per heavy atom. The molecule has 0 aromatic heterocycles. The van der Waals surface area contributed by atoms with Gasteiger partial charge in [-0.15, -0.1) is 0 Å². The molecule has 3 rings (SSSR count). The second kappa shape index (κ2) is 12.0. The van der Waals surface area contributed by atoms with Gasteiger partial charge < -0.3 is 5.32 Å². The van der Waals surface area contributed by atoms with Crippen molar-refractivity contribution in [3.63, 3.8) is 0 Å². The standard InChI is InChI=1S/C25H28N2O6S2.Na/c1-5-26-22-11-7-18(13-16(22)3)25(19-8-12-23(27-6-2)17(4)14-19)21-10-9-20(34(28,29)30)15-24(21)35(31,32)33;/h7-15,26H,5-6H2,1-4H3,(H,28,29,30)(H,31,32,33);. The number of anilines is 1. The molecule has 0 heterocycles. The van der Waals surface area contributed by atoms with E-state index in [-0.39, 0.29) is 35.1 Å². The van der Waals surface area contributed by atoms with Gasteiger partial charge in [0.05, 0.1) is 10.6 Å². The number of hydrogen-bond acceptors (Lipinski definition) is 6. The molecule has 1 radical (unpaired) electrons. The van der Waals surface area contributed by atoms with Gasteiger partial charge in [0.2, 0.25) is 0 Å². The summed E-state index contributed by atoms with van der Waals surface area (Å²) < 4.78 is 67.5. The van der Waals surface area contributed by atoms with Crippen molar-refractivity contribution in [2.75, 3.05) is 18.4 Å². The topological polar surface area (TPSA) is 133 Å². The number of rotatable bonds is 7. The van der Waals surface area contributed by atoms with Gasteiger partial charge in [-0.2, -0.15) is 16.8 Å². The summed E-state index contributed by atoms with van der Waals surface area (Å²) in [4.78, 5) is 3.18. The Balaban J connectivity index is 0.00000456. The van der Waals surface area contributed by atoms with Crippen LogP contribution < -0.4 is 5.32 Å². The third-order valence-corrected chi connectivity index (χ3v) is 7.24. The predicted octanol–water partition coefficient (Wildman–Crippen LogP) is 4.32. The van der Waals surface area contributed by atoms with E-state index in [0.717, 1.165) is 41.2 Å². The summed E-state index contributed by atoms with van der Waals surface area (Å²) in [6, 6.07) is 8.72. The molecular weight excluding hydrogens is 511 g/mol. The summed E-state index contributed by atoms with van der Waals surface area (Å²) in [6.45, 7) is 9.04. The molecule has 0 fully saturated rings. The number of benzene rings is 2. The monoisotopic (exact) mass is 539 g/mol. The molecule has 0 saturated carbocycles. The van der Waals surface area contributed by atoms with Crippen molar-refractivity contribution in [2.24, 2.45) is 4.99 Å². The fourth-order valence-corrected chi connectivity index (χ4v) is 5.23. The quantitative estimate of drug-likeness (QED) is 0.353. The molecule has 0 saturated heterocycles. The number of nitrogens with one attached hydrogen (secondary N) is 1. The number of allylic oxidation sites excluding steroid dienone is 5. The molecule has 187 valence electrons. The molecule has 2 aromatic rings. The first-order chi connectivity index (χ1) is 16.4. The van der Waals surface area contributed by atoms with E-state index in [0.29, 0.717) is 23.3 Å². The van der Waals surface area contributed by atoms with Gasteiger partial charge in [0.15, 0.2) is 0 Å². The van der Waals surface area contributed by atoms with E-state index in [1.807, 2.05) is 58.0 Å². The third kappa shape index (κ3) is 6.83. The van der Waals surface area contributed by atoms with E-state index in [1.165, 1.54) is 6.07 Å². The van der Waals surface area contributed by atoms with Crippen LogP contribution in [0.25, 0.3) is 5.57 Å². The van der Waals surface area contributed by atoms with Gasteiger partial charge in [-0.3, -0.25) is 14.1 Å². The van der Waals surface area contributed by atoms with Crippen molar-refractivity contribution in [3.8, 4) is 0 Å². The zero-order chi connectivity index (χ0) is 26.0. The maximum atomic E-state index is 12.4. The largest absolute Gasteiger partial charge is 0.385 e. The number of aryl methyl sites for hydroxylation is 1. The van der Waals surface area contributed by atoms with Crippen LogP contribution in [-0.4, -0.2) is 74.3 Å². The first-order valence-corrected chi connectivity index (χ1v) is 13.8. The summed E-state index contributed by atoms with van der Waals surface area (Å²) in [7, 11) is -9.56. The van der Waals surface area contributed by atoms with Crippen LogP contribution in [0.1, 0.15) is 37.5 Å². The molecule has 1 aliphatic carbocycles. The third-order valence-electron chi connectivity index (χ3n) is 5.49. The van der Waals surface area contributed by atoms with Gasteiger partial charge in [0, 0.05) is 53.9 Å². The summed E-state index contributed by atoms with van der Waals surface area (Å²) in [5.74, 6) is 0. The molecule has 36 heavy (non-hydrogen) atoms. The number of aliphatic imine (C=N–C) groups is 1. The maximum Gasteiger partial charge on any atom is 0.295 e. The van der Waals surface area contributed by atoms with Crippen LogP contribution in [0, 0.1) is 6.92 Å². The van der Waals surface area contributed by atoms with E-state index in [9.17, 15) is 25.9 Å². The molecule has 0 spiro atoms. The van der Waals surface area contributed by atoms with Gasteiger partial charge in [-0.1, -0.05) is 18.2 Å². The molecule has 0 aliphatic heterocycles. The normalized spacial score (nSPS) is 16.4. The molecule has 0 unspecified atom stereocenters. The van der Waals surface area contributed by atoms with Gasteiger partial charge in [-0.25, -0.2) is 0 Å². The minimum absolute atomic E-state index is 0. The van der Waals surface area contributed by atoms with Crippen LogP contribution in [0.15, 0.2) is 80.6 Å². The van der Waals surface area contributed by atoms with Gasteiger partial charge in [-0.05, 0) is 92.0 Å². The minimum Gasteiger partial charge on any atom is -0.385 e. The van der Waals surface area contributed by atoms with E-state index in [4.69, 9.17) is 0 Å². The molecule has 0 atom stereocenters. The van der Waals surface area contributed by atoms with Crippen molar-refractivity contribution in [1.82, 2.24) is 0 Å².